The number of ether oxygens (including phenoxy) is 1. The van der Waals surface area contributed by atoms with Gasteiger partial charge in [0.15, 0.2) is 0 Å². The molecule has 0 radical (unpaired) electrons. The highest BCUT2D eigenvalue weighted by Crippen LogP contribution is 2.25. The topological polar surface area (TPSA) is 55.4 Å². The van der Waals surface area contributed by atoms with E-state index in [9.17, 15) is 9.59 Å². The van der Waals surface area contributed by atoms with E-state index >= 15 is 0 Å². The number of hydrogen-bond donors (Lipinski definition) is 1. The lowest BCUT2D eigenvalue weighted by atomic mass is 10.1. The van der Waals surface area contributed by atoms with Crippen LogP contribution < -0.4 is 10.1 Å². The normalized spacial score (nSPS) is 10.4. The summed E-state index contributed by atoms with van der Waals surface area (Å²) in [7, 11) is 0. The van der Waals surface area contributed by atoms with E-state index in [0.29, 0.717) is 11.4 Å². The molecule has 4 heteroatoms. The van der Waals surface area contributed by atoms with E-state index in [4.69, 9.17) is 4.74 Å². The molecule has 24 heavy (non-hydrogen) atoms. The van der Waals surface area contributed by atoms with Crippen molar-refractivity contribution in [3.8, 4) is 5.75 Å². The first-order chi connectivity index (χ1) is 11.6. The summed E-state index contributed by atoms with van der Waals surface area (Å²) < 4.78 is 5.52. The molecule has 0 spiro atoms. The van der Waals surface area contributed by atoms with Gasteiger partial charge in [0.25, 0.3) is 0 Å². The molecular weight excluding hydrogens is 302 g/mol. The Bertz CT molecular complexity index is 880. The van der Waals surface area contributed by atoms with E-state index in [2.05, 4.69) is 5.32 Å². The van der Waals surface area contributed by atoms with Crippen molar-refractivity contribution in [1.29, 1.82) is 0 Å². The fourth-order valence-electron chi connectivity index (χ4n) is 2.52. The van der Waals surface area contributed by atoms with Gasteiger partial charge in [-0.1, -0.05) is 48.5 Å². The summed E-state index contributed by atoms with van der Waals surface area (Å²) in [5, 5.41) is 4.63. The van der Waals surface area contributed by atoms with E-state index < -0.39 is 0 Å². The van der Waals surface area contributed by atoms with E-state index in [0.717, 1.165) is 16.3 Å². The molecule has 1 amide bonds. The van der Waals surface area contributed by atoms with Gasteiger partial charge in [0.1, 0.15) is 5.75 Å². The number of carbonyl (C=O) groups excluding carboxylic acids is 2. The van der Waals surface area contributed by atoms with Gasteiger partial charge in [0, 0.05) is 18.0 Å². The minimum absolute atomic E-state index is 0.127. The van der Waals surface area contributed by atoms with Crippen LogP contribution >= 0.6 is 0 Å². The van der Waals surface area contributed by atoms with Crippen molar-refractivity contribution in [2.24, 2.45) is 0 Å². The molecule has 1 N–H and O–H groups in total. The Hall–Kier alpha value is -3.14. The zero-order valence-corrected chi connectivity index (χ0v) is 13.3. The molecule has 0 heterocycles. The van der Waals surface area contributed by atoms with Gasteiger partial charge >= 0.3 is 5.97 Å². The van der Waals surface area contributed by atoms with Gasteiger partial charge in [-0.15, -0.1) is 0 Å². The molecule has 0 aliphatic heterocycles. The molecule has 0 saturated heterocycles. The van der Waals surface area contributed by atoms with Crippen LogP contribution in [-0.2, 0) is 16.0 Å². The third-order valence-corrected chi connectivity index (χ3v) is 3.60. The Labute approximate surface area is 140 Å². The van der Waals surface area contributed by atoms with Crippen molar-refractivity contribution in [3.63, 3.8) is 0 Å². The third-order valence-electron chi connectivity index (χ3n) is 3.60. The van der Waals surface area contributed by atoms with Gasteiger partial charge < -0.3 is 10.1 Å². The molecule has 0 aliphatic carbocycles. The zero-order valence-electron chi connectivity index (χ0n) is 13.3. The van der Waals surface area contributed by atoms with Crippen molar-refractivity contribution < 1.29 is 14.3 Å². The lowest BCUT2D eigenvalue weighted by Gasteiger charge is -2.08. The van der Waals surface area contributed by atoms with Crippen LogP contribution in [0.15, 0.2) is 66.7 Å². The zero-order chi connectivity index (χ0) is 16.9. The highest BCUT2D eigenvalue weighted by Gasteiger charge is 2.09. The summed E-state index contributed by atoms with van der Waals surface area (Å²) in [5.74, 6) is 0.115. The minimum Gasteiger partial charge on any atom is -0.426 e. The first-order valence-corrected chi connectivity index (χ1v) is 7.67. The number of nitrogens with one attached hydrogen (secondary N) is 1. The van der Waals surface area contributed by atoms with E-state index in [1.165, 1.54) is 6.92 Å². The van der Waals surface area contributed by atoms with Gasteiger partial charge in [0.2, 0.25) is 5.91 Å². The lowest BCUT2D eigenvalue weighted by Crippen LogP contribution is -2.11. The Balaban J connectivity index is 1.70. The summed E-state index contributed by atoms with van der Waals surface area (Å²) in [4.78, 5) is 23.2. The van der Waals surface area contributed by atoms with E-state index in [-0.39, 0.29) is 18.3 Å². The average molecular weight is 319 g/mol. The standard InChI is InChI=1S/C20H17NO3/c1-14(22)21-17-11-9-15(10-12-17)13-20(23)24-19-8-4-6-16-5-2-3-7-18(16)19/h2-12H,13H2,1H3,(H,21,22). The minimum atomic E-state index is -0.321. The third kappa shape index (κ3) is 3.79. The van der Waals surface area contributed by atoms with Crippen LogP contribution in [0.1, 0.15) is 12.5 Å². The van der Waals surface area contributed by atoms with Crippen LogP contribution in [0.2, 0.25) is 0 Å². The predicted octanol–water partition coefficient (Wildman–Crippen LogP) is 3.95. The highest BCUT2D eigenvalue weighted by molar-refractivity contribution is 5.91. The van der Waals surface area contributed by atoms with Gasteiger partial charge in [-0.25, -0.2) is 0 Å². The number of esters is 1. The number of carbonyl (C=O) groups is 2. The molecule has 0 fully saturated rings. The second-order valence-electron chi connectivity index (χ2n) is 5.51. The maximum absolute atomic E-state index is 12.2. The van der Waals surface area contributed by atoms with Crippen LogP contribution in [0.5, 0.6) is 5.75 Å². The quantitative estimate of drug-likeness (QED) is 0.585. The number of benzene rings is 3. The van der Waals surface area contributed by atoms with Gasteiger partial charge in [-0.3, -0.25) is 9.59 Å². The Morgan fingerprint density at radius 2 is 1.62 bits per heavy atom. The monoisotopic (exact) mass is 319 g/mol. The maximum Gasteiger partial charge on any atom is 0.315 e. The number of hydrogen-bond acceptors (Lipinski definition) is 3. The van der Waals surface area contributed by atoms with E-state index in [1.807, 2.05) is 36.4 Å². The van der Waals surface area contributed by atoms with Crippen molar-refractivity contribution in [1.82, 2.24) is 0 Å². The molecule has 0 saturated carbocycles. The molecule has 0 bridgehead atoms. The molecule has 3 rings (SSSR count). The van der Waals surface area contributed by atoms with E-state index in [1.54, 1.807) is 30.3 Å². The Morgan fingerprint density at radius 3 is 2.38 bits per heavy atom. The number of fused-ring (bicyclic) bond motifs is 1. The van der Waals surface area contributed by atoms with Crippen molar-refractivity contribution in [2.75, 3.05) is 5.32 Å². The fraction of sp³-hybridized carbons (Fsp3) is 0.100. The average Bonchev–Trinajstić information content (AvgIpc) is 2.56. The second kappa shape index (κ2) is 6.96. The lowest BCUT2D eigenvalue weighted by molar-refractivity contribution is -0.133. The van der Waals surface area contributed by atoms with Gasteiger partial charge in [0.05, 0.1) is 6.42 Å². The molecule has 120 valence electrons. The Morgan fingerprint density at radius 1 is 0.917 bits per heavy atom. The largest absolute Gasteiger partial charge is 0.426 e. The van der Waals surface area contributed by atoms with Gasteiger partial charge in [-0.05, 0) is 29.1 Å². The molecule has 3 aromatic rings. The first kappa shape index (κ1) is 15.7. The second-order valence-corrected chi connectivity index (χ2v) is 5.51. The molecular formula is C20H17NO3. The van der Waals surface area contributed by atoms with Crippen LogP contribution in [0.3, 0.4) is 0 Å². The van der Waals surface area contributed by atoms with Crippen molar-refractivity contribution >= 4 is 28.3 Å². The molecule has 3 aromatic carbocycles. The molecule has 0 aliphatic rings. The summed E-state index contributed by atoms with van der Waals surface area (Å²) >= 11 is 0. The smallest absolute Gasteiger partial charge is 0.315 e. The fourth-order valence-corrected chi connectivity index (χ4v) is 2.52. The first-order valence-electron chi connectivity index (χ1n) is 7.67. The number of amides is 1. The molecule has 0 aromatic heterocycles. The van der Waals surface area contributed by atoms with Crippen molar-refractivity contribution in [2.45, 2.75) is 13.3 Å². The molecule has 0 atom stereocenters. The summed E-state index contributed by atoms with van der Waals surface area (Å²) in [5.41, 5.74) is 1.53. The van der Waals surface area contributed by atoms with Crippen LogP contribution in [-0.4, -0.2) is 11.9 Å². The number of rotatable bonds is 4. The van der Waals surface area contributed by atoms with Crippen LogP contribution in [0.25, 0.3) is 10.8 Å². The summed E-state index contributed by atoms with van der Waals surface area (Å²) in [6.45, 7) is 1.45. The predicted molar refractivity (Wildman–Crippen MR) is 94.0 cm³/mol. The molecule has 0 unspecified atom stereocenters. The summed E-state index contributed by atoms with van der Waals surface area (Å²) in [6.07, 6.45) is 0.170. The summed E-state index contributed by atoms with van der Waals surface area (Å²) in [6, 6.07) is 20.5. The Kier molecular flexibility index (Phi) is 4.57. The molecule has 4 nitrogen and oxygen atoms in total. The van der Waals surface area contributed by atoms with Crippen molar-refractivity contribution in [3.05, 3.63) is 72.3 Å². The van der Waals surface area contributed by atoms with Gasteiger partial charge in [-0.2, -0.15) is 0 Å². The number of anilines is 1. The highest BCUT2D eigenvalue weighted by atomic mass is 16.5. The SMILES string of the molecule is CC(=O)Nc1ccc(CC(=O)Oc2cccc3ccccc23)cc1. The van der Waals surface area contributed by atoms with Crippen LogP contribution in [0, 0.1) is 0 Å². The maximum atomic E-state index is 12.2. The van der Waals surface area contributed by atoms with Crippen LogP contribution in [0.4, 0.5) is 5.69 Å².